The summed E-state index contributed by atoms with van der Waals surface area (Å²) in [6.45, 7) is 6.19. The fourth-order valence-electron chi connectivity index (χ4n) is 2.35. The number of nitrogens with zero attached hydrogens (tertiary/aromatic N) is 1. The number of hydrogen-bond acceptors (Lipinski definition) is 4. The van der Waals surface area contributed by atoms with E-state index in [4.69, 9.17) is 4.74 Å². The van der Waals surface area contributed by atoms with Gasteiger partial charge >= 0.3 is 5.97 Å². The molecule has 106 valence electrons. The number of ether oxygens (including phenoxy) is 1. The number of hydrazone groups is 1. The number of carbonyl (C=O) groups excluding carboxylic acids is 1. The van der Waals surface area contributed by atoms with Gasteiger partial charge in [0.05, 0.1) is 7.11 Å². The molecule has 19 heavy (non-hydrogen) atoms. The Labute approximate surface area is 115 Å². The van der Waals surface area contributed by atoms with E-state index in [1.807, 2.05) is 6.92 Å². The lowest BCUT2D eigenvalue weighted by atomic mass is 9.86. The largest absolute Gasteiger partial charge is 0.464 e. The van der Waals surface area contributed by atoms with Crippen molar-refractivity contribution in [1.82, 2.24) is 5.43 Å². The van der Waals surface area contributed by atoms with Crippen LogP contribution in [0.15, 0.2) is 28.5 Å². The van der Waals surface area contributed by atoms with Crippen LogP contribution in [0.4, 0.5) is 0 Å². The summed E-state index contributed by atoms with van der Waals surface area (Å²) in [7, 11) is 1.40. The second-order valence-corrected chi connectivity index (χ2v) is 4.62. The van der Waals surface area contributed by atoms with Crippen molar-refractivity contribution in [3.05, 3.63) is 23.4 Å². The van der Waals surface area contributed by atoms with Gasteiger partial charge < -0.3 is 4.74 Å². The Hall–Kier alpha value is -1.58. The summed E-state index contributed by atoms with van der Waals surface area (Å²) in [6, 6.07) is 0. The number of methoxy groups -OCH3 is 1. The normalized spacial score (nSPS) is 19.4. The van der Waals surface area contributed by atoms with Crippen molar-refractivity contribution in [3.63, 3.8) is 0 Å². The predicted molar refractivity (Wildman–Crippen MR) is 77.7 cm³/mol. The molecule has 4 heteroatoms. The Bertz CT molecular complexity index is 408. The van der Waals surface area contributed by atoms with Gasteiger partial charge in [-0.15, -0.1) is 0 Å². The zero-order valence-electron chi connectivity index (χ0n) is 12.3. The highest BCUT2D eigenvalue weighted by molar-refractivity contribution is 5.95. The van der Waals surface area contributed by atoms with Crippen molar-refractivity contribution in [2.75, 3.05) is 7.11 Å². The van der Waals surface area contributed by atoms with Crippen molar-refractivity contribution in [2.45, 2.75) is 46.5 Å². The molecule has 1 unspecified atom stereocenters. The van der Waals surface area contributed by atoms with Gasteiger partial charge in [-0.05, 0) is 38.2 Å². The Kier molecular flexibility index (Phi) is 6.33. The van der Waals surface area contributed by atoms with Gasteiger partial charge in [-0.25, -0.2) is 4.79 Å². The molecule has 0 amide bonds. The van der Waals surface area contributed by atoms with E-state index in [9.17, 15) is 4.79 Å². The molecule has 1 rings (SSSR count). The van der Waals surface area contributed by atoms with Gasteiger partial charge in [0.25, 0.3) is 0 Å². The molecule has 1 aliphatic rings. The second-order valence-electron chi connectivity index (χ2n) is 4.62. The molecule has 0 aromatic carbocycles. The summed E-state index contributed by atoms with van der Waals surface area (Å²) in [5.74, 6) is -0.0935. The molecule has 4 nitrogen and oxygen atoms in total. The lowest BCUT2D eigenvalue weighted by Crippen LogP contribution is -2.31. The summed E-state index contributed by atoms with van der Waals surface area (Å²) in [5, 5.41) is 4.24. The highest BCUT2D eigenvalue weighted by Gasteiger charge is 2.27. The third-order valence-corrected chi connectivity index (χ3v) is 3.38. The highest BCUT2D eigenvalue weighted by atomic mass is 16.5. The van der Waals surface area contributed by atoms with Crippen LogP contribution in [0.2, 0.25) is 0 Å². The van der Waals surface area contributed by atoms with Gasteiger partial charge in [0.1, 0.15) is 5.70 Å². The van der Waals surface area contributed by atoms with E-state index in [1.54, 1.807) is 0 Å². The number of hydrogen-bond donors (Lipinski definition) is 1. The first-order valence-corrected chi connectivity index (χ1v) is 6.92. The molecule has 1 atom stereocenters. The summed E-state index contributed by atoms with van der Waals surface area (Å²) in [6.07, 6.45) is 8.24. The van der Waals surface area contributed by atoms with Crippen LogP contribution in [0.25, 0.3) is 0 Å². The monoisotopic (exact) mass is 264 g/mol. The van der Waals surface area contributed by atoms with Crippen LogP contribution in [0.1, 0.15) is 46.5 Å². The van der Waals surface area contributed by atoms with Gasteiger partial charge in [0, 0.05) is 11.6 Å². The van der Waals surface area contributed by atoms with Crippen LogP contribution in [0.5, 0.6) is 0 Å². The van der Waals surface area contributed by atoms with Crippen molar-refractivity contribution < 1.29 is 9.53 Å². The van der Waals surface area contributed by atoms with Gasteiger partial charge in [0.15, 0.2) is 0 Å². The molecule has 0 aliphatic carbocycles. The number of esters is 1. The lowest BCUT2D eigenvalue weighted by Gasteiger charge is -2.26. The minimum atomic E-state index is -0.331. The van der Waals surface area contributed by atoms with E-state index < -0.39 is 0 Å². The van der Waals surface area contributed by atoms with Gasteiger partial charge in [-0.1, -0.05) is 26.0 Å². The average Bonchev–Trinajstić information content (AvgIpc) is 2.43. The number of nitrogens with one attached hydrogen (secondary N) is 1. The van der Waals surface area contributed by atoms with Crippen LogP contribution in [0.3, 0.4) is 0 Å². The lowest BCUT2D eigenvalue weighted by molar-refractivity contribution is -0.136. The van der Waals surface area contributed by atoms with E-state index in [0.717, 1.165) is 37.0 Å². The maximum Gasteiger partial charge on any atom is 0.355 e. The molecule has 1 heterocycles. The number of carbonyl (C=O) groups is 1. The predicted octanol–water partition coefficient (Wildman–Crippen LogP) is 3.17. The summed E-state index contributed by atoms with van der Waals surface area (Å²) < 4.78 is 4.81. The maximum atomic E-state index is 11.7. The molecular weight excluding hydrogens is 240 g/mol. The fourth-order valence-corrected chi connectivity index (χ4v) is 2.35. The summed E-state index contributed by atoms with van der Waals surface area (Å²) in [5.41, 5.74) is 5.48. The van der Waals surface area contributed by atoms with Gasteiger partial charge in [-0.2, -0.15) is 5.10 Å². The standard InChI is InChI=1S/C15H24N2O2/c1-5-7-8-9-10-13-11(3)16-17-14(12(13)6-2)15(18)19-4/h7-8,13,17H,5-6,9-10H2,1-4H3/b8-7-. The Morgan fingerprint density at radius 1 is 1.42 bits per heavy atom. The van der Waals surface area contributed by atoms with E-state index in [-0.39, 0.29) is 11.9 Å². The Balaban J connectivity index is 2.87. The Morgan fingerprint density at radius 3 is 2.74 bits per heavy atom. The van der Waals surface area contributed by atoms with Crippen molar-refractivity contribution >= 4 is 11.7 Å². The van der Waals surface area contributed by atoms with Gasteiger partial charge in [0.2, 0.25) is 0 Å². The van der Waals surface area contributed by atoms with Crippen molar-refractivity contribution in [2.24, 2.45) is 11.0 Å². The van der Waals surface area contributed by atoms with Crippen LogP contribution >= 0.6 is 0 Å². The first kappa shape index (κ1) is 15.5. The topological polar surface area (TPSA) is 50.7 Å². The van der Waals surface area contributed by atoms with Crippen LogP contribution in [-0.2, 0) is 9.53 Å². The quantitative estimate of drug-likeness (QED) is 0.592. The molecule has 1 aliphatic heterocycles. The molecule has 1 N–H and O–H groups in total. The molecule has 0 bridgehead atoms. The first-order chi connectivity index (χ1) is 9.15. The Morgan fingerprint density at radius 2 is 2.16 bits per heavy atom. The van der Waals surface area contributed by atoms with Crippen molar-refractivity contribution in [1.29, 1.82) is 0 Å². The van der Waals surface area contributed by atoms with Gasteiger partial charge in [-0.3, -0.25) is 5.43 Å². The third-order valence-electron chi connectivity index (χ3n) is 3.38. The minimum absolute atomic E-state index is 0.238. The zero-order chi connectivity index (χ0) is 14.3. The summed E-state index contributed by atoms with van der Waals surface area (Å²) >= 11 is 0. The summed E-state index contributed by atoms with van der Waals surface area (Å²) in [4.78, 5) is 11.7. The van der Waals surface area contributed by atoms with E-state index in [1.165, 1.54) is 7.11 Å². The number of rotatable bonds is 6. The minimum Gasteiger partial charge on any atom is -0.464 e. The third kappa shape index (κ3) is 3.94. The SMILES string of the molecule is CC/C=C\CCC1C(C)=NNC(C(=O)OC)=C1CC. The molecule has 0 aromatic heterocycles. The molecule has 0 saturated heterocycles. The van der Waals surface area contributed by atoms with Crippen molar-refractivity contribution in [3.8, 4) is 0 Å². The highest BCUT2D eigenvalue weighted by Crippen LogP contribution is 2.27. The van der Waals surface area contributed by atoms with E-state index in [0.29, 0.717) is 5.70 Å². The number of allylic oxidation sites excluding steroid dienone is 3. The van der Waals surface area contributed by atoms with E-state index in [2.05, 4.69) is 36.5 Å². The average molecular weight is 264 g/mol. The smallest absolute Gasteiger partial charge is 0.355 e. The second kappa shape index (κ2) is 7.77. The molecule has 0 saturated carbocycles. The molecular formula is C15H24N2O2. The molecule has 0 spiro atoms. The molecule has 0 radical (unpaired) electrons. The maximum absolute atomic E-state index is 11.7. The van der Waals surface area contributed by atoms with E-state index >= 15 is 0 Å². The molecule has 0 aromatic rings. The fraction of sp³-hybridized carbons (Fsp3) is 0.600. The first-order valence-electron chi connectivity index (χ1n) is 6.92. The van der Waals surface area contributed by atoms with Crippen LogP contribution < -0.4 is 5.43 Å². The molecule has 0 fully saturated rings. The zero-order valence-corrected chi connectivity index (χ0v) is 12.3. The van der Waals surface area contributed by atoms with Crippen LogP contribution in [-0.4, -0.2) is 18.8 Å². The van der Waals surface area contributed by atoms with Crippen LogP contribution in [0, 0.1) is 5.92 Å².